The molecule has 0 aliphatic rings. The van der Waals surface area contributed by atoms with E-state index in [9.17, 15) is 18.0 Å². The summed E-state index contributed by atoms with van der Waals surface area (Å²) in [5, 5.41) is 2.32. The van der Waals surface area contributed by atoms with Crippen molar-refractivity contribution in [2.24, 2.45) is 0 Å². The third kappa shape index (κ3) is 6.14. The number of hydrogen-bond donors (Lipinski definition) is 1. The molecule has 1 N–H and O–H groups in total. The molecule has 0 aliphatic carbocycles. The Morgan fingerprint density at radius 3 is 2.37 bits per heavy atom. The SMILES string of the molecule is O=C(NCCC(=O)c1cccn1S(=O)(=O)c1ccccc1)OCC(Cl)(Cl)Cl. The van der Waals surface area contributed by atoms with E-state index < -0.39 is 32.3 Å². The van der Waals surface area contributed by atoms with Gasteiger partial charge in [-0.25, -0.2) is 17.2 Å². The van der Waals surface area contributed by atoms with Crippen LogP contribution < -0.4 is 5.32 Å². The zero-order chi connectivity index (χ0) is 20.1. The largest absolute Gasteiger partial charge is 0.445 e. The second-order valence-electron chi connectivity index (χ2n) is 5.30. The predicted octanol–water partition coefficient (Wildman–Crippen LogP) is 3.39. The lowest BCUT2D eigenvalue weighted by Gasteiger charge is -2.12. The Labute approximate surface area is 171 Å². The van der Waals surface area contributed by atoms with Gasteiger partial charge >= 0.3 is 6.09 Å². The van der Waals surface area contributed by atoms with Crippen molar-refractivity contribution in [2.45, 2.75) is 15.1 Å². The molecule has 2 rings (SSSR count). The van der Waals surface area contributed by atoms with E-state index >= 15 is 0 Å². The number of hydrogen-bond acceptors (Lipinski definition) is 5. The summed E-state index contributed by atoms with van der Waals surface area (Å²) >= 11 is 16.4. The Morgan fingerprint density at radius 1 is 1.07 bits per heavy atom. The van der Waals surface area contributed by atoms with Crippen molar-refractivity contribution in [1.82, 2.24) is 9.29 Å². The van der Waals surface area contributed by atoms with Crippen LogP contribution in [-0.2, 0) is 14.8 Å². The molecule has 0 fully saturated rings. The highest BCUT2D eigenvalue weighted by molar-refractivity contribution is 7.90. The minimum absolute atomic E-state index is 0.0182. The monoisotopic (exact) mass is 452 g/mol. The van der Waals surface area contributed by atoms with Crippen molar-refractivity contribution < 1.29 is 22.7 Å². The summed E-state index contributed by atoms with van der Waals surface area (Å²) in [7, 11) is -3.90. The van der Waals surface area contributed by atoms with Gasteiger partial charge in [0.05, 0.1) is 10.6 Å². The van der Waals surface area contributed by atoms with Gasteiger partial charge in [0.15, 0.2) is 5.78 Å². The number of Topliss-reactive ketones (excluding diaryl/α,β-unsaturated/α-hetero) is 1. The lowest BCUT2D eigenvalue weighted by Crippen LogP contribution is -2.30. The number of rotatable bonds is 7. The summed E-state index contributed by atoms with van der Waals surface area (Å²) in [6.07, 6.45) is 0.288. The maximum atomic E-state index is 12.7. The van der Waals surface area contributed by atoms with E-state index in [2.05, 4.69) is 10.1 Å². The van der Waals surface area contributed by atoms with Gasteiger partial charge in [-0.05, 0) is 24.3 Å². The maximum absolute atomic E-state index is 12.7. The molecule has 1 aromatic heterocycles. The van der Waals surface area contributed by atoms with Gasteiger partial charge in [-0.2, -0.15) is 0 Å². The molecule has 0 bridgehead atoms. The number of ether oxygens (including phenoxy) is 1. The van der Waals surface area contributed by atoms with E-state index in [1.807, 2.05) is 0 Å². The van der Waals surface area contributed by atoms with Crippen LogP contribution in [0.2, 0.25) is 0 Å². The molecule has 0 spiro atoms. The Hall–Kier alpha value is -1.74. The molecule has 1 heterocycles. The third-order valence-electron chi connectivity index (χ3n) is 3.29. The van der Waals surface area contributed by atoms with Crippen LogP contribution in [0.1, 0.15) is 16.9 Å². The second kappa shape index (κ2) is 8.97. The molecule has 0 aliphatic heterocycles. The van der Waals surface area contributed by atoms with Crippen LogP contribution in [0, 0.1) is 0 Å². The van der Waals surface area contributed by atoms with Crippen LogP contribution >= 0.6 is 34.8 Å². The van der Waals surface area contributed by atoms with E-state index in [1.165, 1.54) is 30.5 Å². The van der Waals surface area contributed by atoms with Crippen molar-refractivity contribution in [1.29, 1.82) is 0 Å². The molecule has 0 unspecified atom stereocenters. The van der Waals surface area contributed by atoms with Crippen molar-refractivity contribution >= 4 is 56.7 Å². The molecule has 0 saturated carbocycles. The number of alkyl halides is 3. The predicted molar refractivity (Wildman–Crippen MR) is 102 cm³/mol. The van der Waals surface area contributed by atoms with Crippen LogP contribution in [0.4, 0.5) is 4.79 Å². The molecule has 2 aromatic rings. The molecule has 146 valence electrons. The molecule has 1 aromatic carbocycles. The van der Waals surface area contributed by atoms with Gasteiger partial charge < -0.3 is 10.1 Å². The standard InChI is InChI=1S/C16H15Cl3N2O5S/c17-16(18,19)11-26-15(23)20-9-8-14(22)13-7-4-10-21(13)27(24,25)12-5-2-1-3-6-12/h1-7,10H,8-9,11H2,(H,20,23). The van der Waals surface area contributed by atoms with Crippen molar-refractivity contribution in [3.63, 3.8) is 0 Å². The van der Waals surface area contributed by atoms with Crippen LogP contribution in [0.15, 0.2) is 53.6 Å². The van der Waals surface area contributed by atoms with E-state index in [1.54, 1.807) is 18.2 Å². The number of carbonyl (C=O) groups is 2. The van der Waals surface area contributed by atoms with Crippen molar-refractivity contribution in [3.05, 3.63) is 54.4 Å². The first-order valence-electron chi connectivity index (χ1n) is 7.60. The summed E-state index contributed by atoms with van der Waals surface area (Å²) in [5.41, 5.74) is -0.0182. The van der Waals surface area contributed by atoms with Gasteiger partial charge in [-0.3, -0.25) is 4.79 Å². The Bertz CT molecular complexity index is 908. The lowest BCUT2D eigenvalue weighted by molar-refractivity contribution is 0.0975. The number of halogens is 3. The number of aromatic nitrogens is 1. The number of alkyl carbamates (subject to hydrolysis) is 1. The van der Waals surface area contributed by atoms with Crippen LogP contribution in [0.5, 0.6) is 0 Å². The smallest absolute Gasteiger partial charge is 0.407 e. The Kier molecular flexibility index (Phi) is 7.16. The molecular formula is C16H15Cl3N2O5S. The van der Waals surface area contributed by atoms with Crippen molar-refractivity contribution in [2.75, 3.05) is 13.2 Å². The summed E-state index contributed by atoms with van der Waals surface area (Å²) in [5.74, 6) is -0.471. The molecule has 0 radical (unpaired) electrons. The minimum Gasteiger partial charge on any atom is -0.445 e. The maximum Gasteiger partial charge on any atom is 0.407 e. The quantitative estimate of drug-likeness (QED) is 0.512. The molecule has 7 nitrogen and oxygen atoms in total. The number of benzene rings is 1. The highest BCUT2D eigenvalue weighted by atomic mass is 35.6. The fraction of sp³-hybridized carbons (Fsp3) is 0.250. The van der Waals surface area contributed by atoms with Crippen LogP contribution in [0.3, 0.4) is 0 Å². The molecule has 0 atom stereocenters. The van der Waals surface area contributed by atoms with Crippen LogP contribution in [0.25, 0.3) is 0 Å². The highest BCUT2D eigenvalue weighted by Gasteiger charge is 2.23. The first-order chi connectivity index (χ1) is 12.6. The third-order valence-corrected chi connectivity index (χ3v) is 5.32. The van der Waals surface area contributed by atoms with Gasteiger partial charge in [-0.1, -0.05) is 53.0 Å². The number of nitrogens with one attached hydrogen (secondary N) is 1. The van der Waals surface area contributed by atoms with Gasteiger partial charge in [0, 0.05) is 19.2 Å². The van der Waals surface area contributed by atoms with E-state index in [0.717, 1.165) is 3.97 Å². The average molecular weight is 454 g/mol. The number of ketones is 1. The van der Waals surface area contributed by atoms with Gasteiger partial charge in [-0.15, -0.1) is 0 Å². The first-order valence-corrected chi connectivity index (χ1v) is 10.2. The van der Waals surface area contributed by atoms with E-state index in [-0.39, 0.29) is 23.6 Å². The molecule has 27 heavy (non-hydrogen) atoms. The molecular weight excluding hydrogens is 439 g/mol. The topological polar surface area (TPSA) is 94.5 Å². The van der Waals surface area contributed by atoms with Crippen LogP contribution in [-0.4, -0.2) is 41.2 Å². The van der Waals surface area contributed by atoms with Gasteiger partial charge in [0.2, 0.25) is 3.79 Å². The normalized spacial score (nSPS) is 11.8. The lowest BCUT2D eigenvalue weighted by atomic mass is 10.2. The van der Waals surface area contributed by atoms with Gasteiger partial charge in [0.25, 0.3) is 10.0 Å². The molecule has 0 saturated heterocycles. The molecule has 11 heteroatoms. The zero-order valence-electron chi connectivity index (χ0n) is 13.8. The fourth-order valence-electron chi connectivity index (χ4n) is 2.10. The van der Waals surface area contributed by atoms with E-state index in [0.29, 0.717) is 0 Å². The summed E-state index contributed by atoms with van der Waals surface area (Å²) in [6, 6.07) is 10.6. The molecule has 1 amide bonds. The number of amides is 1. The zero-order valence-corrected chi connectivity index (χ0v) is 16.9. The number of carbonyl (C=O) groups excluding carboxylic acids is 2. The summed E-state index contributed by atoms with van der Waals surface area (Å²) < 4.78 is 29.2. The van der Waals surface area contributed by atoms with Crippen molar-refractivity contribution in [3.8, 4) is 0 Å². The summed E-state index contributed by atoms with van der Waals surface area (Å²) in [6.45, 7) is -0.524. The number of nitrogens with zero attached hydrogens (tertiary/aromatic N) is 1. The fourth-order valence-corrected chi connectivity index (χ4v) is 3.65. The Morgan fingerprint density at radius 2 is 1.74 bits per heavy atom. The average Bonchev–Trinajstić information content (AvgIpc) is 3.11. The minimum atomic E-state index is -3.90. The van der Waals surface area contributed by atoms with E-state index in [4.69, 9.17) is 34.8 Å². The first kappa shape index (κ1) is 21.6. The summed E-state index contributed by atoms with van der Waals surface area (Å²) in [4.78, 5) is 23.9. The highest BCUT2D eigenvalue weighted by Crippen LogP contribution is 2.25. The van der Waals surface area contributed by atoms with Gasteiger partial charge in [0.1, 0.15) is 6.61 Å². The second-order valence-corrected chi connectivity index (χ2v) is 9.63. The Balaban J connectivity index is 1.99.